The first-order valence-corrected chi connectivity index (χ1v) is 17.5. The van der Waals surface area contributed by atoms with Crippen LogP contribution < -0.4 is 20.1 Å². The van der Waals surface area contributed by atoms with Crippen LogP contribution >= 0.6 is 0 Å². The van der Waals surface area contributed by atoms with E-state index in [1.807, 2.05) is 10.8 Å². The topological polar surface area (TPSA) is 114 Å². The SMILES string of the molecule is CCC(=O)NS(=O)(=O)c1ccc(NCC#Cc2cc3c(NC4CCC(C=[N+]5CCOCC5)CC4)cccc3n2CC(F)(F)F)c(OC)c1. The Labute approximate surface area is 278 Å². The molecule has 2 heterocycles. The molecule has 2 fully saturated rings. The van der Waals surface area contributed by atoms with E-state index in [1.54, 1.807) is 18.2 Å². The van der Waals surface area contributed by atoms with Crippen molar-refractivity contribution in [2.45, 2.75) is 62.7 Å². The molecule has 5 rings (SSSR count). The number of nitrogens with zero attached hydrogens (tertiary/aromatic N) is 2. The Hall–Kier alpha value is -4.22. The molecule has 1 aromatic heterocycles. The van der Waals surface area contributed by atoms with Gasteiger partial charge in [-0.15, -0.1) is 0 Å². The minimum absolute atomic E-state index is 0.00430. The molecule has 2 aromatic carbocycles. The minimum atomic E-state index is -4.45. The number of fused-ring (bicyclic) bond motifs is 1. The van der Waals surface area contributed by atoms with Gasteiger partial charge in [-0.05, 0) is 61.9 Å². The number of methoxy groups -OCH3 is 1. The van der Waals surface area contributed by atoms with E-state index in [9.17, 15) is 26.4 Å². The third-order valence-corrected chi connectivity index (χ3v) is 9.89. The zero-order chi connectivity index (χ0) is 34.3. The van der Waals surface area contributed by atoms with Gasteiger partial charge in [0.25, 0.3) is 10.0 Å². The number of morpholine rings is 1. The Bertz CT molecular complexity index is 1810. The standard InChI is InChI=1S/C34H40F3N5O5S/c1-3-33(43)40-48(44,45)27-13-14-30(32(21-27)46-2)38-15-5-6-26-20-28-29(7-4-8-31(28)42(26)23-34(35,36)37)39-25-11-9-24(10-12-25)22-41-16-18-47-19-17-41/h4,7-8,13-14,20-22,24-25,38-39H,3,9-12,15-19,23H2,1-2H3/p+1. The number of anilines is 2. The van der Waals surface area contributed by atoms with Crippen LogP contribution in [-0.2, 0) is 26.1 Å². The lowest BCUT2D eigenvalue weighted by Gasteiger charge is -2.28. The summed E-state index contributed by atoms with van der Waals surface area (Å²) in [5, 5.41) is 7.30. The summed E-state index contributed by atoms with van der Waals surface area (Å²) in [5.41, 5.74) is 1.87. The lowest BCUT2D eigenvalue weighted by atomic mass is 9.86. The molecule has 258 valence electrons. The number of amides is 1. The average Bonchev–Trinajstić information content (AvgIpc) is 3.40. The number of rotatable bonds is 10. The number of alkyl halides is 3. The van der Waals surface area contributed by atoms with Gasteiger partial charge in [0.1, 0.15) is 31.7 Å². The van der Waals surface area contributed by atoms with E-state index in [1.165, 1.54) is 36.8 Å². The van der Waals surface area contributed by atoms with Gasteiger partial charge in [-0.25, -0.2) is 17.7 Å². The number of hydrogen-bond acceptors (Lipinski definition) is 7. The fourth-order valence-corrected chi connectivity index (χ4v) is 7.13. The van der Waals surface area contributed by atoms with Crippen LogP contribution in [0.3, 0.4) is 0 Å². The summed E-state index contributed by atoms with van der Waals surface area (Å²) in [6, 6.07) is 11.3. The summed E-state index contributed by atoms with van der Waals surface area (Å²) in [6.07, 6.45) is 1.92. The Morgan fingerprint density at radius 2 is 1.85 bits per heavy atom. The van der Waals surface area contributed by atoms with Crippen molar-refractivity contribution in [3.05, 3.63) is 48.2 Å². The molecule has 0 unspecified atom stereocenters. The minimum Gasteiger partial charge on any atom is -0.495 e. The molecule has 1 saturated carbocycles. The Balaban J connectivity index is 1.30. The smallest absolute Gasteiger partial charge is 0.406 e. The molecule has 1 amide bonds. The predicted molar refractivity (Wildman–Crippen MR) is 178 cm³/mol. The maximum Gasteiger partial charge on any atom is 0.406 e. The molecule has 1 saturated heterocycles. The van der Waals surface area contributed by atoms with E-state index < -0.39 is 28.7 Å². The van der Waals surface area contributed by atoms with Gasteiger partial charge < -0.3 is 24.7 Å². The molecule has 0 atom stereocenters. The number of carbonyl (C=O) groups excluding carboxylic acids is 1. The van der Waals surface area contributed by atoms with Gasteiger partial charge in [0.15, 0.2) is 13.1 Å². The maximum absolute atomic E-state index is 13.7. The summed E-state index contributed by atoms with van der Waals surface area (Å²) in [5.74, 6) is 5.85. The number of ether oxygens (including phenoxy) is 2. The van der Waals surface area contributed by atoms with Gasteiger partial charge in [-0.3, -0.25) is 4.79 Å². The van der Waals surface area contributed by atoms with Crippen LogP contribution in [0.25, 0.3) is 10.9 Å². The zero-order valence-electron chi connectivity index (χ0n) is 27.0. The number of hydrogen-bond donors (Lipinski definition) is 3. The highest BCUT2D eigenvalue weighted by molar-refractivity contribution is 7.90. The summed E-state index contributed by atoms with van der Waals surface area (Å²) < 4.78 is 82.4. The Morgan fingerprint density at radius 3 is 2.54 bits per heavy atom. The normalized spacial score (nSPS) is 18.5. The molecule has 10 nitrogen and oxygen atoms in total. The Kier molecular flexibility index (Phi) is 11.2. The molecular weight excluding hydrogens is 647 g/mol. The fraction of sp³-hybridized carbons (Fsp3) is 0.471. The van der Waals surface area contributed by atoms with Crippen LogP contribution in [0.2, 0.25) is 0 Å². The second kappa shape index (κ2) is 15.3. The van der Waals surface area contributed by atoms with Crippen molar-refractivity contribution in [3.63, 3.8) is 0 Å². The van der Waals surface area contributed by atoms with Crippen LogP contribution in [0.4, 0.5) is 24.5 Å². The van der Waals surface area contributed by atoms with Crippen molar-refractivity contribution in [2.24, 2.45) is 5.92 Å². The first-order valence-electron chi connectivity index (χ1n) is 16.0. The molecular formula is C34H41F3N5O5S+. The van der Waals surface area contributed by atoms with E-state index in [-0.39, 0.29) is 35.3 Å². The number of nitrogens with one attached hydrogen (secondary N) is 3. The number of sulfonamides is 1. The zero-order valence-corrected chi connectivity index (χ0v) is 27.8. The molecule has 3 N–H and O–H groups in total. The van der Waals surface area contributed by atoms with Crippen molar-refractivity contribution in [2.75, 3.05) is 50.6 Å². The van der Waals surface area contributed by atoms with Gasteiger partial charge >= 0.3 is 6.18 Å². The van der Waals surface area contributed by atoms with E-state index in [0.717, 1.165) is 57.7 Å². The summed E-state index contributed by atoms with van der Waals surface area (Å²) in [7, 11) is -2.71. The van der Waals surface area contributed by atoms with E-state index in [4.69, 9.17) is 9.47 Å². The summed E-state index contributed by atoms with van der Waals surface area (Å²) >= 11 is 0. The van der Waals surface area contributed by atoms with Gasteiger partial charge in [-0.2, -0.15) is 13.2 Å². The van der Waals surface area contributed by atoms with Crippen LogP contribution in [0, 0.1) is 17.8 Å². The first kappa shape index (κ1) is 35.1. The number of aromatic nitrogens is 1. The first-order chi connectivity index (χ1) is 23.0. The molecule has 48 heavy (non-hydrogen) atoms. The van der Waals surface area contributed by atoms with Crippen LogP contribution in [0.1, 0.15) is 44.7 Å². The number of carbonyl (C=O) groups is 1. The molecule has 0 bridgehead atoms. The van der Waals surface area contributed by atoms with Crippen LogP contribution in [0.5, 0.6) is 5.75 Å². The number of benzene rings is 2. The average molecular weight is 689 g/mol. The highest BCUT2D eigenvalue weighted by Crippen LogP contribution is 2.33. The van der Waals surface area contributed by atoms with Crippen LogP contribution in [-0.4, -0.2) is 81.9 Å². The second-order valence-electron chi connectivity index (χ2n) is 11.9. The van der Waals surface area contributed by atoms with Gasteiger partial charge in [0, 0.05) is 35.5 Å². The lowest BCUT2D eigenvalue weighted by molar-refractivity contribution is -0.547. The van der Waals surface area contributed by atoms with Crippen LogP contribution in [0.15, 0.2) is 47.4 Å². The van der Waals surface area contributed by atoms with Crippen molar-refractivity contribution in [3.8, 4) is 17.6 Å². The molecule has 3 aromatic rings. The third-order valence-electron chi connectivity index (χ3n) is 8.52. The van der Waals surface area contributed by atoms with Gasteiger partial charge in [0.05, 0.1) is 35.4 Å². The lowest BCUT2D eigenvalue weighted by Crippen LogP contribution is -2.33. The van der Waals surface area contributed by atoms with E-state index >= 15 is 0 Å². The molecule has 0 radical (unpaired) electrons. The van der Waals surface area contributed by atoms with E-state index in [2.05, 4.69) is 33.3 Å². The van der Waals surface area contributed by atoms with Gasteiger partial charge in [0.2, 0.25) is 5.91 Å². The molecule has 1 aliphatic carbocycles. The molecule has 2 aliphatic rings. The molecule has 0 spiro atoms. The number of halogens is 3. The summed E-state index contributed by atoms with van der Waals surface area (Å²) in [6.45, 7) is 3.75. The highest BCUT2D eigenvalue weighted by atomic mass is 32.2. The maximum atomic E-state index is 13.7. The van der Waals surface area contributed by atoms with Crippen molar-refractivity contribution < 1.29 is 40.4 Å². The largest absolute Gasteiger partial charge is 0.495 e. The fourth-order valence-electron chi connectivity index (χ4n) is 6.06. The second-order valence-corrected chi connectivity index (χ2v) is 13.6. The monoisotopic (exact) mass is 688 g/mol. The molecule has 14 heteroatoms. The van der Waals surface area contributed by atoms with Gasteiger partial charge in [-0.1, -0.05) is 18.9 Å². The third kappa shape index (κ3) is 9.02. The van der Waals surface area contributed by atoms with Crippen molar-refractivity contribution >= 4 is 44.4 Å². The van der Waals surface area contributed by atoms with Crippen molar-refractivity contribution in [1.82, 2.24) is 9.29 Å². The molecule has 1 aliphatic heterocycles. The quantitative estimate of drug-likeness (QED) is 0.204. The Morgan fingerprint density at radius 1 is 1.10 bits per heavy atom. The highest BCUT2D eigenvalue weighted by Gasteiger charge is 2.30. The van der Waals surface area contributed by atoms with Crippen molar-refractivity contribution in [1.29, 1.82) is 0 Å². The predicted octanol–water partition coefficient (Wildman–Crippen LogP) is 4.97. The van der Waals surface area contributed by atoms with E-state index in [0.29, 0.717) is 22.5 Å². The summed E-state index contributed by atoms with van der Waals surface area (Å²) in [4.78, 5) is 11.5.